The van der Waals surface area contributed by atoms with Crippen LogP contribution >= 0.6 is 0 Å². The lowest BCUT2D eigenvalue weighted by atomic mass is 9.82. The van der Waals surface area contributed by atoms with Gasteiger partial charge in [-0.2, -0.15) is 0 Å². The van der Waals surface area contributed by atoms with E-state index in [1.165, 1.54) is 19.3 Å². The van der Waals surface area contributed by atoms with E-state index in [-0.39, 0.29) is 5.91 Å². The average Bonchev–Trinajstić information content (AvgIpc) is 3.18. The van der Waals surface area contributed by atoms with Crippen molar-refractivity contribution in [3.8, 4) is 0 Å². The summed E-state index contributed by atoms with van der Waals surface area (Å²) in [5.41, 5.74) is 5.54. The standard InChI is InChI=1S/C14H26N2O2/c15-14(7-2-1-3-8-14)13(17)16-9-4-10-18-11-12-5-6-12/h12H,1-11,15H2,(H,16,17). The van der Waals surface area contributed by atoms with Crippen LogP contribution in [-0.2, 0) is 9.53 Å². The molecule has 2 rings (SSSR count). The zero-order chi connectivity index (χ0) is 12.8. The van der Waals surface area contributed by atoms with E-state index in [9.17, 15) is 4.79 Å². The van der Waals surface area contributed by atoms with Crippen LogP contribution in [0.25, 0.3) is 0 Å². The highest BCUT2D eigenvalue weighted by Gasteiger charge is 2.34. The van der Waals surface area contributed by atoms with E-state index < -0.39 is 5.54 Å². The molecule has 0 unspecified atom stereocenters. The van der Waals surface area contributed by atoms with Gasteiger partial charge in [0.15, 0.2) is 0 Å². The van der Waals surface area contributed by atoms with Gasteiger partial charge in [0.25, 0.3) is 0 Å². The monoisotopic (exact) mass is 254 g/mol. The molecule has 0 atom stereocenters. The molecule has 2 saturated carbocycles. The minimum absolute atomic E-state index is 0.0318. The molecule has 1 amide bonds. The molecular formula is C14H26N2O2. The van der Waals surface area contributed by atoms with Crippen LogP contribution in [0.4, 0.5) is 0 Å². The largest absolute Gasteiger partial charge is 0.381 e. The third kappa shape index (κ3) is 4.25. The third-order valence-corrected chi connectivity index (χ3v) is 4.00. The van der Waals surface area contributed by atoms with E-state index >= 15 is 0 Å². The molecule has 0 aromatic heterocycles. The maximum atomic E-state index is 12.0. The van der Waals surface area contributed by atoms with Crippen LogP contribution < -0.4 is 11.1 Å². The molecule has 2 aliphatic carbocycles. The van der Waals surface area contributed by atoms with E-state index in [4.69, 9.17) is 10.5 Å². The van der Waals surface area contributed by atoms with Gasteiger partial charge in [0.05, 0.1) is 5.54 Å². The van der Waals surface area contributed by atoms with E-state index in [2.05, 4.69) is 5.32 Å². The first-order chi connectivity index (χ1) is 8.71. The maximum absolute atomic E-state index is 12.0. The number of rotatable bonds is 7. The maximum Gasteiger partial charge on any atom is 0.240 e. The fraction of sp³-hybridized carbons (Fsp3) is 0.929. The second-order valence-corrected chi connectivity index (χ2v) is 5.84. The van der Waals surface area contributed by atoms with E-state index in [0.717, 1.165) is 51.2 Å². The topological polar surface area (TPSA) is 64.4 Å². The number of nitrogens with one attached hydrogen (secondary N) is 1. The first-order valence-electron chi connectivity index (χ1n) is 7.36. The van der Waals surface area contributed by atoms with Crippen LogP contribution in [0.5, 0.6) is 0 Å². The zero-order valence-electron chi connectivity index (χ0n) is 11.2. The Morgan fingerprint density at radius 1 is 1.28 bits per heavy atom. The zero-order valence-corrected chi connectivity index (χ0v) is 11.2. The van der Waals surface area contributed by atoms with Crippen molar-refractivity contribution in [3.63, 3.8) is 0 Å². The van der Waals surface area contributed by atoms with Crippen molar-refractivity contribution in [2.75, 3.05) is 19.8 Å². The summed E-state index contributed by atoms with van der Waals surface area (Å²) in [6.07, 6.45) is 8.56. The summed E-state index contributed by atoms with van der Waals surface area (Å²) in [6, 6.07) is 0. The van der Waals surface area contributed by atoms with Gasteiger partial charge in [-0.3, -0.25) is 4.79 Å². The Bertz CT molecular complexity index is 271. The molecule has 0 radical (unpaired) electrons. The Morgan fingerprint density at radius 3 is 2.67 bits per heavy atom. The van der Waals surface area contributed by atoms with E-state index in [1.807, 2.05) is 0 Å². The fourth-order valence-corrected chi connectivity index (χ4v) is 2.50. The molecular weight excluding hydrogens is 228 g/mol. The van der Waals surface area contributed by atoms with Crippen molar-refractivity contribution < 1.29 is 9.53 Å². The minimum atomic E-state index is -0.604. The molecule has 104 valence electrons. The van der Waals surface area contributed by atoms with Gasteiger partial charge >= 0.3 is 0 Å². The van der Waals surface area contributed by atoms with Gasteiger partial charge in [-0.25, -0.2) is 0 Å². The van der Waals surface area contributed by atoms with Crippen molar-refractivity contribution >= 4 is 5.91 Å². The Morgan fingerprint density at radius 2 is 2.00 bits per heavy atom. The van der Waals surface area contributed by atoms with Gasteiger partial charge in [0.2, 0.25) is 5.91 Å². The van der Waals surface area contributed by atoms with Crippen molar-refractivity contribution in [2.45, 2.75) is 56.9 Å². The van der Waals surface area contributed by atoms with Crippen LogP contribution in [0.1, 0.15) is 51.4 Å². The third-order valence-electron chi connectivity index (χ3n) is 4.00. The summed E-state index contributed by atoms with van der Waals surface area (Å²) in [6.45, 7) is 2.32. The highest BCUT2D eigenvalue weighted by atomic mass is 16.5. The predicted molar refractivity (Wildman–Crippen MR) is 71.2 cm³/mol. The lowest BCUT2D eigenvalue weighted by Crippen LogP contribution is -2.55. The van der Waals surface area contributed by atoms with Crippen LogP contribution in [0, 0.1) is 5.92 Å². The molecule has 0 bridgehead atoms. The summed E-state index contributed by atoms with van der Waals surface area (Å²) in [5, 5.41) is 2.95. The number of nitrogens with two attached hydrogens (primary N) is 1. The Hall–Kier alpha value is -0.610. The van der Waals surface area contributed by atoms with Gasteiger partial charge in [0, 0.05) is 19.8 Å². The van der Waals surface area contributed by atoms with Crippen LogP contribution in [0.15, 0.2) is 0 Å². The molecule has 4 heteroatoms. The second kappa shape index (κ2) is 6.53. The van der Waals surface area contributed by atoms with Gasteiger partial charge in [0.1, 0.15) is 0 Å². The molecule has 3 N–H and O–H groups in total. The molecule has 2 aliphatic rings. The van der Waals surface area contributed by atoms with Crippen molar-refractivity contribution in [1.29, 1.82) is 0 Å². The lowest BCUT2D eigenvalue weighted by molar-refractivity contribution is -0.127. The second-order valence-electron chi connectivity index (χ2n) is 5.84. The molecule has 18 heavy (non-hydrogen) atoms. The number of hydrogen-bond acceptors (Lipinski definition) is 3. The van der Waals surface area contributed by atoms with E-state index in [1.54, 1.807) is 0 Å². The Kier molecular flexibility index (Phi) is 5.01. The van der Waals surface area contributed by atoms with E-state index in [0.29, 0.717) is 6.54 Å². The average molecular weight is 254 g/mol. The van der Waals surface area contributed by atoms with Crippen molar-refractivity contribution in [3.05, 3.63) is 0 Å². The first-order valence-corrected chi connectivity index (χ1v) is 7.36. The number of amides is 1. The predicted octanol–water partition coefficient (Wildman–Crippen LogP) is 1.58. The van der Waals surface area contributed by atoms with Crippen molar-refractivity contribution in [2.24, 2.45) is 11.7 Å². The molecule has 0 saturated heterocycles. The van der Waals surface area contributed by atoms with Crippen LogP contribution in [0.2, 0.25) is 0 Å². The highest BCUT2D eigenvalue weighted by molar-refractivity contribution is 5.86. The molecule has 0 aliphatic heterocycles. The normalized spacial score (nSPS) is 22.7. The summed E-state index contributed by atoms with van der Waals surface area (Å²) < 4.78 is 5.53. The van der Waals surface area contributed by atoms with Crippen LogP contribution in [-0.4, -0.2) is 31.2 Å². The molecule has 4 nitrogen and oxygen atoms in total. The molecule has 0 aromatic carbocycles. The van der Waals surface area contributed by atoms with Crippen molar-refractivity contribution in [1.82, 2.24) is 5.32 Å². The minimum Gasteiger partial charge on any atom is -0.381 e. The SMILES string of the molecule is NC1(C(=O)NCCCOCC2CC2)CCCCC1. The molecule has 2 fully saturated rings. The molecule has 0 aromatic rings. The summed E-state index contributed by atoms with van der Waals surface area (Å²) in [5.74, 6) is 0.846. The highest BCUT2D eigenvalue weighted by Crippen LogP contribution is 2.28. The number of carbonyl (C=O) groups is 1. The molecule has 0 heterocycles. The summed E-state index contributed by atoms with van der Waals surface area (Å²) in [7, 11) is 0. The molecule has 0 spiro atoms. The smallest absolute Gasteiger partial charge is 0.240 e. The van der Waals surface area contributed by atoms with Gasteiger partial charge in [-0.05, 0) is 38.0 Å². The first kappa shape index (κ1) is 13.8. The van der Waals surface area contributed by atoms with Gasteiger partial charge in [-0.1, -0.05) is 19.3 Å². The fourth-order valence-electron chi connectivity index (χ4n) is 2.50. The Labute approximate surface area is 110 Å². The number of hydrogen-bond donors (Lipinski definition) is 2. The quantitative estimate of drug-likeness (QED) is 0.678. The van der Waals surface area contributed by atoms with Gasteiger partial charge < -0.3 is 15.8 Å². The van der Waals surface area contributed by atoms with Gasteiger partial charge in [-0.15, -0.1) is 0 Å². The summed E-state index contributed by atoms with van der Waals surface area (Å²) in [4.78, 5) is 12.0. The number of ether oxygens (including phenoxy) is 1. The summed E-state index contributed by atoms with van der Waals surface area (Å²) >= 11 is 0. The Balaban J connectivity index is 1.53. The van der Waals surface area contributed by atoms with Crippen LogP contribution in [0.3, 0.4) is 0 Å². The number of carbonyl (C=O) groups excluding carboxylic acids is 1. The lowest BCUT2D eigenvalue weighted by Gasteiger charge is -2.31.